The molecule has 5 heteroatoms. The highest BCUT2D eigenvalue weighted by Crippen LogP contribution is 2.13. The summed E-state index contributed by atoms with van der Waals surface area (Å²) in [6, 6.07) is 0. The zero-order valence-electron chi connectivity index (χ0n) is 2.46. The van der Waals surface area contributed by atoms with Crippen LogP contribution in [0.4, 0.5) is 17.6 Å². The van der Waals surface area contributed by atoms with Crippen LogP contribution >= 0.6 is 0 Å². The quantitative estimate of drug-likeness (QED) is 0.408. The van der Waals surface area contributed by atoms with Gasteiger partial charge in [0.05, 0.1) is 0 Å². The minimum atomic E-state index is -5.50. The molecule has 0 N–H and O–H groups in total. The predicted octanol–water partition coefficient (Wildman–Crippen LogP) is 0.995. The monoisotopic (exact) mass is 102 g/mol. The van der Waals surface area contributed by atoms with Crippen LogP contribution in [0.5, 0.6) is 0 Å². The van der Waals surface area contributed by atoms with Gasteiger partial charge in [-0.1, -0.05) is 0 Å². The van der Waals surface area contributed by atoms with E-state index in [0.717, 1.165) is 0 Å². The van der Waals surface area contributed by atoms with Crippen LogP contribution in [0.2, 0.25) is 0 Å². The molecule has 0 saturated heterocycles. The van der Waals surface area contributed by atoms with Gasteiger partial charge in [0, 0.05) is 6.15 Å². The summed E-state index contributed by atoms with van der Waals surface area (Å²) in [5.41, 5.74) is 0. The second kappa shape index (κ2) is 1.96. The van der Waals surface area contributed by atoms with E-state index in [1.165, 1.54) is 0 Å². The Hall–Kier alpha value is -0.320. The van der Waals surface area contributed by atoms with Gasteiger partial charge in [-0.2, -0.15) is 0 Å². The van der Waals surface area contributed by atoms with E-state index in [1.807, 2.05) is 0 Å². The van der Waals surface area contributed by atoms with E-state index in [4.69, 9.17) is 0 Å². The van der Waals surface area contributed by atoms with Gasteiger partial charge in [-0.05, 0) is 0 Å². The molecule has 0 unspecified atom stereocenters. The van der Waals surface area contributed by atoms with Crippen molar-refractivity contribution in [3.8, 4) is 0 Å². The summed E-state index contributed by atoms with van der Waals surface area (Å²) in [5, 5.41) is 0. The van der Waals surface area contributed by atoms with E-state index in [9.17, 15) is 17.6 Å². The number of hydrogen-bond acceptors (Lipinski definition) is 0. The molecule has 0 bridgehead atoms. The molecule has 0 aliphatic carbocycles. The predicted molar refractivity (Wildman–Crippen MR) is 9.30 cm³/mol. The molecule has 0 aliphatic rings. The molecule has 0 spiro atoms. The molecule has 0 heterocycles. The van der Waals surface area contributed by atoms with Crippen LogP contribution in [0.3, 0.4) is 0 Å². The third kappa shape index (κ3) is 258. The Morgan fingerprint density at radius 3 is 0.833 bits per heavy atom. The maximum absolute atomic E-state index is 9.69. The molecule has 0 atom stereocenters. The average Bonchev–Trinajstić information content (AvgIpc) is 0.722. The molecular weight excluding hydrogens is 102 g/mol. The summed E-state index contributed by atoms with van der Waals surface area (Å²) >= 11 is 0. The van der Waals surface area contributed by atoms with Crippen molar-refractivity contribution in [2.45, 2.75) is 6.43 Å². The van der Waals surface area contributed by atoms with E-state index in [1.54, 1.807) is 0 Å². The summed E-state index contributed by atoms with van der Waals surface area (Å²) in [4.78, 5) is 0. The van der Waals surface area contributed by atoms with Gasteiger partial charge >= 0.3 is 6.43 Å². The first-order valence-electron chi connectivity index (χ1n) is 0.756. The fraction of sp³-hybridized carbons (Fsp3) is 1.00. The van der Waals surface area contributed by atoms with Crippen molar-refractivity contribution in [1.29, 1.82) is 0 Å². The highest BCUT2D eigenvalue weighted by Gasteiger charge is 2.24. The van der Waals surface area contributed by atoms with Crippen molar-refractivity contribution in [2.75, 3.05) is 0 Å². The van der Waals surface area contributed by atoms with Crippen molar-refractivity contribution >= 4 is 0 Å². The molecular formula is CF4N. The van der Waals surface area contributed by atoms with Crippen LogP contribution in [0, 0.1) is 0 Å². The van der Waals surface area contributed by atoms with Crippen LogP contribution in [-0.4, -0.2) is 6.43 Å². The van der Waals surface area contributed by atoms with E-state index >= 15 is 0 Å². The maximum atomic E-state index is 9.69. The molecule has 1 nitrogen and oxygen atoms in total. The Bertz CT molecular complexity index is 23.0. The minimum absolute atomic E-state index is 0. The van der Waals surface area contributed by atoms with Crippen LogP contribution in [0.1, 0.15) is 0 Å². The lowest BCUT2D eigenvalue weighted by molar-refractivity contribution is -0.237. The fourth-order valence-electron chi connectivity index (χ4n) is 0. The van der Waals surface area contributed by atoms with Gasteiger partial charge in [-0.25, -0.2) is 0 Å². The first-order valence-corrected chi connectivity index (χ1v) is 0.756. The maximum Gasteiger partial charge on any atom is 0.559 e. The van der Waals surface area contributed by atoms with Gasteiger partial charge in [0.15, 0.2) is 0 Å². The lowest BCUT2D eigenvalue weighted by Crippen LogP contribution is -1.92. The molecule has 0 saturated carbocycles. The zero-order chi connectivity index (χ0) is 4.50. The molecule has 0 amide bonds. The Morgan fingerprint density at radius 1 is 0.833 bits per heavy atom. The number of alkyl halides is 4. The Labute approximate surface area is 31.5 Å². The molecule has 0 aromatic carbocycles. The minimum Gasteiger partial charge on any atom is -0.140 e. The van der Waals surface area contributed by atoms with Gasteiger partial charge < -0.3 is 0 Å². The summed E-state index contributed by atoms with van der Waals surface area (Å²) in [5.74, 6) is 0. The molecule has 37 valence electrons. The molecule has 0 aromatic heterocycles. The van der Waals surface area contributed by atoms with Crippen LogP contribution in [-0.2, 0) is 0 Å². The summed E-state index contributed by atoms with van der Waals surface area (Å²) < 4.78 is 38.8. The van der Waals surface area contributed by atoms with E-state index in [-0.39, 0.29) is 6.15 Å². The lowest BCUT2D eigenvalue weighted by Gasteiger charge is -1.82. The molecule has 0 aromatic rings. The van der Waals surface area contributed by atoms with E-state index in [0.29, 0.717) is 0 Å². The Kier molecular flexibility index (Phi) is 3.01. The SMILES string of the molecule is FC(F)(F)F.[N]. The molecule has 6 heavy (non-hydrogen) atoms. The van der Waals surface area contributed by atoms with Gasteiger partial charge in [-0.3, -0.25) is 0 Å². The van der Waals surface area contributed by atoms with E-state index < -0.39 is 6.43 Å². The summed E-state index contributed by atoms with van der Waals surface area (Å²) in [7, 11) is 0. The normalized spacial score (nSPS) is 10.0. The second-order valence-electron chi connectivity index (χ2n) is 0.429. The summed E-state index contributed by atoms with van der Waals surface area (Å²) in [6.07, 6.45) is -5.50. The van der Waals surface area contributed by atoms with Gasteiger partial charge in [0.2, 0.25) is 0 Å². The van der Waals surface area contributed by atoms with Crippen molar-refractivity contribution in [1.82, 2.24) is 6.15 Å². The third-order valence-electron chi connectivity index (χ3n) is 0. The van der Waals surface area contributed by atoms with Crippen molar-refractivity contribution in [2.24, 2.45) is 0 Å². The van der Waals surface area contributed by atoms with Crippen molar-refractivity contribution in [3.05, 3.63) is 0 Å². The third-order valence-corrected chi connectivity index (χ3v) is 0. The largest absolute Gasteiger partial charge is 0.559 e. The zero-order valence-corrected chi connectivity index (χ0v) is 2.46. The Morgan fingerprint density at radius 2 is 0.833 bits per heavy atom. The van der Waals surface area contributed by atoms with Crippen LogP contribution in [0.15, 0.2) is 0 Å². The fourth-order valence-corrected chi connectivity index (χ4v) is 0. The number of halogens is 4. The van der Waals surface area contributed by atoms with E-state index in [2.05, 4.69) is 0 Å². The smallest absolute Gasteiger partial charge is 0.140 e. The average molecular weight is 102 g/mol. The topological polar surface area (TPSA) is 30.5 Å². The molecule has 0 rings (SSSR count). The molecule has 0 aliphatic heterocycles. The standard InChI is InChI=1S/CF4.N/c2-1(3,4)5;. The number of hydrogen-bond donors (Lipinski definition) is 0. The second-order valence-corrected chi connectivity index (χ2v) is 0.429. The first-order chi connectivity index (χ1) is 2.00. The van der Waals surface area contributed by atoms with Gasteiger partial charge in [0.25, 0.3) is 0 Å². The number of nitrogens with zero attached hydrogens (tertiary/aromatic N) is 1. The van der Waals surface area contributed by atoms with Crippen molar-refractivity contribution in [3.63, 3.8) is 0 Å². The first kappa shape index (κ1) is 9.19. The van der Waals surface area contributed by atoms with Crippen LogP contribution in [0.25, 0.3) is 0 Å². The molecule has 0 fully saturated rings. The van der Waals surface area contributed by atoms with Crippen LogP contribution < -0.4 is 6.15 Å². The Balaban J connectivity index is 0. The highest BCUT2D eigenvalue weighted by atomic mass is 19.5. The molecule has 3 radical (unpaired) electrons. The van der Waals surface area contributed by atoms with Crippen molar-refractivity contribution < 1.29 is 17.6 Å². The summed E-state index contributed by atoms with van der Waals surface area (Å²) in [6.45, 7) is 0. The van der Waals surface area contributed by atoms with Gasteiger partial charge in [-0.15, -0.1) is 17.6 Å². The number of rotatable bonds is 0. The lowest BCUT2D eigenvalue weighted by atomic mass is 11.5. The highest BCUT2D eigenvalue weighted by molar-refractivity contribution is 4.08. The van der Waals surface area contributed by atoms with Gasteiger partial charge in [0.1, 0.15) is 0 Å².